The van der Waals surface area contributed by atoms with Crippen LogP contribution in [0.4, 0.5) is 0 Å². The lowest BCUT2D eigenvalue weighted by Gasteiger charge is -2.25. The molecule has 0 aromatic rings. The molecule has 0 aromatic heterocycles. The standard InChI is InChI=1S/C11H23NS/c1-11(2,3)6-7-12-10-5-4-8-13-9-10/h10,12H,4-9H2,1-3H3. The Hall–Kier alpha value is 0.310. The van der Waals surface area contributed by atoms with Crippen molar-refractivity contribution in [2.24, 2.45) is 5.41 Å². The van der Waals surface area contributed by atoms with E-state index in [1.165, 1.54) is 37.3 Å². The first-order valence-corrected chi connectivity index (χ1v) is 6.54. The van der Waals surface area contributed by atoms with Crippen LogP contribution >= 0.6 is 11.8 Å². The van der Waals surface area contributed by atoms with E-state index in [0.29, 0.717) is 5.41 Å². The van der Waals surface area contributed by atoms with Gasteiger partial charge in [-0.05, 0) is 37.0 Å². The Kier molecular flexibility index (Phi) is 4.60. The number of hydrogen-bond acceptors (Lipinski definition) is 2. The van der Waals surface area contributed by atoms with E-state index < -0.39 is 0 Å². The second kappa shape index (κ2) is 5.26. The highest BCUT2D eigenvalue weighted by atomic mass is 32.2. The van der Waals surface area contributed by atoms with E-state index in [2.05, 4.69) is 37.8 Å². The Balaban J connectivity index is 2.04. The lowest BCUT2D eigenvalue weighted by molar-refractivity contribution is 0.353. The quantitative estimate of drug-likeness (QED) is 0.753. The van der Waals surface area contributed by atoms with Gasteiger partial charge < -0.3 is 5.32 Å². The summed E-state index contributed by atoms with van der Waals surface area (Å²) in [5.41, 5.74) is 0.481. The SMILES string of the molecule is CC(C)(C)CCNC1CCCSC1. The predicted molar refractivity (Wildman–Crippen MR) is 62.4 cm³/mol. The average molecular weight is 201 g/mol. The van der Waals surface area contributed by atoms with Crippen LogP contribution < -0.4 is 5.32 Å². The molecule has 1 rings (SSSR count). The van der Waals surface area contributed by atoms with Crippen LogP contribution in [0.5, 0.6) is 0 Å². The van der Waals surface area contributed by atoms with Crippen LogP contribution in [0.1, 0.15) is 40.0 Å². The number of thioether (sulfide) groups is 1. The van der Waals surface area contributed by atoms with Gasteiger partial charge in [0.25, 0.3) is 0 Å². The van der Waals surface area contributed by atoms with Gasteiger partial charge in [-0.3, -0.25) is 0 Å². The summed E-state index contributed by atoms with van der Waals surface area (Å²) in [5, 5.41) is 3.66. The minimum atomic E-state index is 0.481. The van der Waals surface area contributed by atoms with Gasteiger partial charge in [-0.2, -0.15) is 11.8 Å². The monoisotopic (exact) mass is 201 g/mol. The van der Waals surface area contributed by atoms with Crippen molar-refractivity contribution < 1.29 is 0 Å². The summed E-state index contributed by atoms with van der Waals surface area (Å²) in [6, 6.07) is 0.793. The summed E-state index contributed by atoms with van der Waals surface area (Å²) in [4.78, 5) is 0. The molecule has 1 aliphatic heterocycles. The molecule has 13 heavy (non-hydrogen) atoms. The molecule has 0 radical (unpaired) electrons. The lowest BCUT2D eigenvalue weighted by atomic mass is 9.92. The van der Waals surface area contributed by atoms with E-state index in [1.54, 1.807) is 0 Å². The Labute approximate surface area is 87.1 Å². The normalized spacial score (nSPS) is 24.7. The summed E-state index contributed by atoms with van der Waals surface area (Å²) < 4.78 is 0. The summed E-state index contributed by atoms with van der Waals surface area (Å²) in [5.74, 6) is 2.70. The molecule has 1 atom stereocenters. The molecule has 2 heteroatoms. The van der Waals surface area contributed by atoms with Gasteiger partial charge in [0.1, 0.15) is 0 Å². The van der Waals surface area contributed by atoms with Crippen LogP contribution in [-0.2, 0) is 0 Å². The summed E-state index contributed by atoms with van der Waals surface area (Å²) in [6.45, 7) is 8.12. The Morgan fingerprint density at radius 1 is 1.38 bits per heavy atom. The first kappa shape index (κ1) is 11.4. The van der Waals surface area contributed by atoms with Crippen molar-refractivity contribution >= 4 is 11.8 Å². The molecule has 0 aromatic carbocycles. The molecule has 1 aliphatic rings. The van der Waals surface area contributed by atoms with E-state index in [9.17, 15) is 0 Å². The molecule has 0 amide bonds. The highest BCUT2D eigenvalue weighted by molar-refractivity contribution is 7.99. The zero-order chi connectivity index (χ0) is 9.73. The first-order valence-electron chi connectivity index (χ1n) is 5.39. The largest absolute Gasteiger partial charge is 0.313 e. The van der Waals surface area contributed by atoms with Crippen molar-refractivity contribution in [3.63, 3.8) is 0 Å². The van der Waals surface area contributed by atoms with Crippen LogP contribution in [0, 0.1) is 5.41 Å². The van der Waals surface area contributed by atoms with Gasteiger partial charge in [0.15, 0.2) is 0 Å². The second-order valence-electron chi connectivity index (χ2n) is 5.18. The summed E-state index contributed by atoms with van der Waals surface area (Å²) in [7, 11) is 0. The molecule has 78 valence electrons. The maximum absolute atomic E-state index is 3.66. The topological polar surface area (TPSA) is 12.0 Å². The summed E-state index contributed by atoms with van der Waals surface area (Å²) in [6.07, 6.45) is 4.07. The maximum atomic E-state index is 3.66. The third-order valence-corrected chi connectivity index (χ3v) is 3.68. The zero-order valence-corrected chi connectivity index (χ0v) is 10.0. The molecule has 1 fully saturated rings. The number of nitrogens with one attached hydrogen (secondary N) is 1. The lowest BCUT2D eigenvalue weighted by Crippen LogP contribution is -2.35. The van der Waals surface area contributed by atoms with E-state index >= 15 is 0 Å². The Morgan fingerprint density at radius 2 is 2.15 bits per heavy atom. The molecule has 1 unspecified atom stereocenters. The third kappa shape index (κ3) is 5.58. The van der Waals surface area contributed by atoms with Crippen LogP contribution in [0.3, 0.4) is 0 Å². The average Bonchev–Trinajstić information content (AvgIpc) is 2.04. The maximum Gasteiger partial charge on any atom is 0.0158 e. The molecule has 0 aliphatic carbocycles. The fraction of sp³-hybridized carbons (Fsp3) is 1.00. The van der Waals surface area contributed by atoms with Crippen molar-refractivity contribution in [3.8, 4) is 0 Å². The molecule has 0 bridgehead atoms. The van der Waals surface area contributed by atoms with Gasteiger partial charge in [0.05, 0.1) is 0 Å². The van der Waals surface area contributed by atoms with Crippen LogP contribution in [0.2, 0.25) is 0 Å². The van der Waals surface area contributed by atoms with E-state index in [1.807, 2.05) is 0 Å². The van der Waals surface area contributed by atoms with Crippen LogP contribution in [0.15, 0.2) is 0 Å². The van der Waals surface area contributed by atoms with Crippen molar-refractivity contribution in [3.05, 3.63) is 0 Å². The van der Waals surface area contributed by atoms with Crippen molar-refractivity contribution in [2.75, 3.05) is 18.1 Å². The molecule has 1 saturated heterocycles. The van der Waals surface area contributed by atoms with Gasteiger partial charge in [-0.25, -0.2) is 0 Å². The van der Waals surface area contributed by atoms with Gasteiger partial charge in [0.2, 0.25) is 0 Å². The van der Waals surface area contributed by atoms with Crippen molar-refractivity contribution in [1.29, 1.82) is 0 Å². The van der Waals surface area contributed by atoms with Crippen LogP contribution in [-0.4, -0.2) is 24.1 Å². The minimum Gasteiger partial charge on any atom is -0.313 e. The summed E-state index contributed by atoms with van der Waals surface area (Å²) >= 11 is 2.10. The van der Waals surface area contributed by atoms with Gasteiger partial charge in [0, 0.05) is 11.8 Å². The highest BCUT2D eigenvalue weighted by Gasteiger charge is 2.14. The van der Waals surface area contributed by atoms with E-state index in [0.717, 1.165) is 6.04 Å². The second-order valence-corrected chi connectivity index (χ2v) is 6.33. The zero-order valence-electron chi connectivity index (χ0n) is 9.23. The van der Waals surface area contributed by atoms with Gasteiger partial charge >= 0.3 is 0 Å². The Morgan fingerprint density at radius 3 is 2.69 bits per heavy atom. The highest BCUT2D eigenvalue weighted by Crippen LogP contribution is 2.19. The molecular weight excluding hydrogens is 178 g/mol. The number of rotatable bonds is 3. The smallest absolute Gasteiger partial charge is 0.0158 e. The van der Waals surface area contributed by atoms with Gasteiger partial charge in [-0.15, -0.1) is 0 Å². The van der Waals surface area contributed by atoms with Crippen LogP contribution in [0.25, 0.3) is 0 Å². The third-order valence-electron chi connectivity index (χ3n) is 2.47. The molecule has 1 N–H and O–H groups in total. The van der Waals surface area contributed by atoms with Gasteiger partial charge in [-0.1, -0.05) is 20.8 Å². The Bertz CT molecular complexity index is 134. The minimum absolute atomic E-state index is 0.481. The van der Waals surface area contributed by atoms with Crippen molar-refractivity contribution in [1.82, 2.24) is 5.32 Å². The fourth-order valence-corrected chi connectivity index (χ4v) is 2.66. The number of hydrogen-bond donors (Lipinski definition) is 1. The fourth-order valence-electron chi connectivity index (χ4n) is 1.55. The van der Waals surface area contributed by atoms with Crippen molar-refractivity contribution in [2.45, 2.75) is 46.1 Å². The molecular formula is C11H23NS. The molecule has 1 heterocycles. The molecule has 0 saturated carbocycles. The molecule has 1 nitrogen and oxygen atoms in total. The van der Waals surface area contributed by atoms with E-state index in [4.69, 9.17) is 0 Å². The molecule has 0 spiro atoms. The first-order chi connectivity index (χ1) is 6.08. The van der Waals surface area contributed by atoms with E-state index in [-0.39, 0.29) is 0 Å². The predicted octanol–water partition coefficient (Wildman–Crippen LogP) is 2.91.